The van der Waals surface area contributed by atoms with Crippen LogP contribution in [0.1, 0.15) is 12.0 Å². The summed E-state index contributed by atoms with van der Waals surface area (Å²) in [4.78, 5) is 2.27. The minimum Gasteiger partial charge on any atom is -0.464 e. The fourth-order valence-electron chi connectivity index (χ4n) is 2.35. The Kier molecular flexibility index (Phi) is 2.42. The normalized spacial score (nSPS) is 21.9. The van der Waals surface area contributed by atoms with Gasteiger partial charge in [0.1, 0.15) is 5.58 Å². The summed E-state index contributed by atoms with van der Waals surface area (Å²) in [5.41, 5.74) is 2.15. The minimum atomic E-state index is -0.154. The summed E-state index contributed by atoms with van der Waals surface area (Å²) in [5, 5.41) is 10.7. The van der Waals surface area contributed by atoms with Crippen molar-refractivity contribution < 1.29 is 9.52 Å². The van der Waals surface area contributed by atoms with Gasteiger partial charge in [0, 0.05) is 30.6 Å². The Morgan fingerprint density at radius 1 is 1.38 bits per heavy atom. The van der Waals surface area contributed by atoms with Gasteiger partial charge in [-0.3, -0.25) is 4.90 Å². The van der Waals surface area contributed by atoms with Crippen LogP contribution in [0.2, 0.25) is 0 Å². The molecule has 3 nitrogen and oxygen atoms in total. The van der Waals surface area contributed by atoms with Crippen LogP contribution in [0.15, 0.2) is 34.9 Å². The highest BCUT2D eigenvalue weighted by Crippen LogP contribution is 2.23. The third-order valence-corrected chi connectivity index (χ3v) is 3.20. The lowest BCUT2D eigenvalue weighted by Crippen LogP contribution is -2.21. The Hall–Kier alpha value is -1.32. The lowest BCUT2D eigenvalue weighted by Gasteiger charge is -2.13. The molecule has 1 aliphatic heterocycles. The molecule has 0 aliphatic carbocycles. The number of aliphatic hydroxyl groups excluding tert-OH is 1. The second-order valence-corrected chi connectivity index (χ2v) is 4.43. The molecule has 1 fully saturated rings. The van der Waals surface area contributed by atoms with Gasteiger partial charge in [0.15, 0.2) is 0 Å². The topological polar surface area (TPSA) is 36.6 Å². The molecule has 0 amide bonds. The smallest absolute Gasteiger partial charge is 0.134 e. The number of fused-ring (bicyclic) bond motifs is 1. The third-order valence-electron chi connectivity index (χ3n) is 3.20. The van der Waals surface area contributed by atoms with E-state index in [0.29, 0.717) is 0 Å². The summed E-state index contributed by atoms with van der Waals surface area (Å²) < 4.78 is 5.50. The van der Waals surface area contributed by atoms with Gasteiger partial charge in [-0.05, 0) is 12.5 Å². The van der Waals surface area contributed by atoms with E-state index in [0.717, 1.165) is 31.6 Å². The van der Waals surface area contributed by atoms with E-state index in [1.54, 1.807) is 0 Å². The van der Waals surface area contributed by atoms with Crippen molar-refractivity contribution in [2.45, 2.75) is 19.1 Å². The maximum Gasteiger partial charge on any atom is 0.134 e. The number of nitrogens with zero attached hydrogens (tertiary/aromatic N) is 1. The van der Waals surface area contributed by atoms with E-state index in [1.807, 2.05) is 24.5 Å². The van der Waals surface area contributed by atoms with Crippen LogP contribution in [-0.4, -0.2) is 29.2 Å². The average Bonchev–Trinajstić information content (AvgIpc) is 2.87. The molecule has 1 N–H and O–H groups in total. The SMILES string of the molecule is O[C@@H]1CCN(Cc2coc3ccccc23)C1. The van der Waals surface area contributed by atoms with E-state index in [9.17, 15) is 5.11 Å². The number of para-hydroxylation sites is 1. The van der Waals surface area contributed by atoms with E-state index in [4.69, 9.17) is 4.42 Å². The average molecular weight is 217 g/mol. The van der Waals surface area contributed by atoms with Gasteiger partial charge in [0.05, 0.1) is 12.4 Å². The van der Waals surface area contributed by atoms with Crippen molar-refractivity contribution in [1.29, 1.82) is 0 Å². The summed E-state index contributed by atoms with van der Waals surface area (Å²) in [6.07, 6.45) is 2.56. The van der Waals surface area contributed by atoms with Crippen LogP contribution in [0.25, 0.3) is 11.0 Å². The molecule has 1 aromatic carbocycles. The molecule has 0 spiro atoms. The van der Waals surface area contributed by atoms with Crippen molar-refractivity contribution in [1.82, 2.24) is 4.90 Å². The molecular weight excluding hydrogens is 202 g/mol. The molecule has 3 heteroatoms. The number of β-amino-alcohol motifs (C(OH)–C–C–N with tert-alkyl or cyclic N) is 1. The maximum atomic E-state index is 9.48. The van der Waals surface area contributed by atoms with Crippen molar-refractivity contribution in [3.05, 3.63) is 36.1 Å². The van der Waals surface area contributed by atoms with Gasteiger partial charge < -0.3 is 9.52 Å². The predicted molar refractivity (Wildman–Crippen MR) is 62.1 cm³/mol. The maximum absolute atomic E-state index is 9.48. The molecule has 1 saturated heterocycles. The van der Waals surface area contributed by atoms with Crippen molar-refractivity contribution in [2.24, 2.45) is 0 Å². The molecule has 0 radical (unpaired) electrons. The van der Waals surface area contributed by atoms with Crippen LogP contribution in [0.4, 0.5) is 0 Å². The van der Waals surface area contributed by atoms with Gasteiger partial charge in [0.2, 0.25) is 0 Å². The number of likely N-dealkylation sites (tertiary alicyclic amines) is 1. The molecule has 1 atom stereocenters. The largest absolute Gasteiger partial charge is 0.464 e. The van der Waals surface area contributed by atoms with E-state index >= 15 is 0 Å². The number of benzene rings is 1. The van der Waals surface area contributed by atoms with Crippen molar-refractivity contribution in [3.8, 4) is 0 Å². The molecular formula is C13H15NO2. The van der Waals surface area contributed by atoms with Crippen LogP contribution in [0.5, 0.6) is 0 Å². The quantitative estimate of drug-likeness (QED) is 0.835. The number of hydrogen-bond acceptors (Lipinski definition) is 3. The zero-order valence-electron chi connectivity index (χ0n) is 9.10. The Labute approximate surface area is 94.3 Å². The van der Waals surface area contributed by atoms with Gasteiger partial charge in [-0.1, -0.05) is 18.2 Å². The first-order valence-corrected chi connectivity index (χ1v) is 5.68. The molecule has 16 heavy (non-hydrogen) atoms. The molecule has 3 rings (SSSR count). The summed E-state index contributed by atoms with van der Waals surface area (Å²) in [6, 6.07) is 8.08. The Morgan fingerprint density at radius 2 is 2.25 bits per heavy atom. The third kappa shape index (κ3) is 1.72. The highest BCUT2D eigenvalue weighted by molar-refractivity contribution is 5.80. The fourth-order valence-corrected chi connectivity index (χ4v) is 2.35. The number of aliphatic hydroxyl groups is 1. The van der Waals surface area contributed by atoms with Crippen LogP contribution in [-0.2, 0) is 6.54 Å². The van der Waals surface area contributed by atoms with Crippen molar-refractivity contribution in [3.63, 3.8) is 0 Å². The first kappa shape index (κ1) is 9.87. The highest BCUT2D eigenvalue weighted by Gasteiger charge is 2.21. The van der Waals surface area contributed by atoms with Crippen molar-refractivity contribution >= 4 is 11.0 Å². The standard InChI is InChI=1S/C13H15NO2/c15-11-5-6-14(8-11)7-10-9-16-13-4-2-1-3-12(10)13/h1-4,9,11,15H,5-8H2/t11-/m1/s1. The zero-order valence-corrected chi connectivity index (χ0v) is 9.10. The van der Waals surface area contributed by atoms with Crippen LogP contribution in [0, 0.1) is 0 Å². The molecule has 2 aromatic rings. The minimum absolute atomic E-state index is 0.154. The highest BCUT2D eigenvalue weighted by atomic mass is 16.3. The lowest BCUT2D eigenvalue weighted by atomic mass is 10.2. The molecule has 0 saturated carbocycles. The number of rotatable bonds is 2. The molecule has 0 unspecified atom stereocenters. The monoisotopic (exact) mass is 217 g/mol. The second kappa shape index (κ2) is 3.92. The van der Waals surface area contributed by atoms with E-state index in [2.05, 4.69) is 11.0 Å². The number of hydrogen-bond donors (Lipinski definition) is 1. The van der Waals surface area contributed by atoms with Gasteiger partial charge in [-0.15, -0.1) is 0 Å². The summed E-state index contributed by atoms with van der Waals surface area (Å²) in [7, 11) is 0. The first-order valence-electron chi connectivity index (χ1n) is 5.68. The predicted octanol–water partition coefficient (Wildman–Crippen LogP) is 2.00. The summed E-state index contributed by atoms with van der Waals surface area (Å²) in [5.74, 6) is 0. The summed E-state index contributed by atoms with van der Waals surface area (Å²) in [6.45, 7) is 2.62. The van der Waals surface area contributed by atoms with Crippen LogP contribution >= 0.6 is 0 Å². The second-order valence-electron chi connectivity index (χ2n) is 4.43. The van der Waals surface area contributed by atoms with E-state index < -0.39 is 0 Å². The van der Waals surface area contributed by atoms with E-state index in [1.165, 1.54) is 10.9 Å². The Morgan fingerprint density at radius 3 is 3.06 bits per heavy atom. The Balaban J connectivity index is 1.84. The van der Waals surface area contributed by atoms with Gasteiger partial charge in [-0.2, -0.15) is 0 Å². The molecule has 1 aliphatic rings. The van der Waals surface area contributed by atoms with Gasteiger partial charge in [0.25, 0.3) is 0 Å². The Bertz CT molecular complexity index is 491. The van der Waals surface area contributed by atoms with Crippen molar-refractivity contribution in [2.75, 3.05) is 13.1 Å². The van der Waals surface area contributed by atoms with Gasteiger partial charge in [-0.25, -0.2) is 0 Å². The van der Waals surface area contributed by atoms with E-state index in [-0.39, 0.29) is 6.10 Å². The zero-order chi connectivity index (χ0) is 11.0. The van der Waals surface area contributed by atoms with Crippen LogP contribution < -0.4 is 0 Å². The van der Waals surface area contributed by atoms with Crippen LogP contribution in [0.3, 0.4) is 0 Å². The molecule has 1 aromatic heterocycles. The molecule has 84 valence electrons. The first-order chi connectivity index (χ1) is 7.83. The summed E-state index contributed by atoms with van der Waals surface area (Å²) >= 11 is 0. The number of furan rings is 1. The molecule has 0 bridgehead atoms. The molecule has 2 heterocycles. The lowest BCUT2D eigenvalue weighted by molar-refractivity contribution is 0.175. The van der Waals surface area contributed by atoms with Gasteiger partial charge >= 0.3 is 0 Å². The fraction of sp³-hybridized carbons (Fsp3) is 0.385.